The molecule has 0 radical (unpaired) electrons. The van der Waals surface area contributed by atoms with Crippen molar-refractivity contribution in [3.8, 4) is 5.75 Å². The molecule has 8 nitrogen and oxygen atoms in total. The zero-order chi connectivity index (χ0) is 18.7. The van der Waals surface area contributed by atoms with E-state index in [0.717, 1.165) is 9.87 Å². The SMILES string of the molecule is O=C1CN(c2ccc(CCNC(=O)c3ccccc3)cc2O)S(=O)(=O)N1. The lowest BCUT2D eigenvalue weighted by molar-refractivity contribution is -0.117. The van der Waals surface area contributed by atoms with Gasteiger partial charge >= 0.3 is 10.2 Å². The highest BCUT2D eigenvalue weighted by atomic mass is 32.2. The average Bonchev–Trinajstić information content (AvgIpc) is 2.88. The van der Waals surface area contributed by atoms with Gasteiger partial charge < -0.3 is 10.4 Å². The van der Waals surface area contributed by atoms with Crippen LogP contribution in [0, 0.1) is 0 Å². The second-order valence-electron chi connectivity index (χ2n) is 5.73. The number of rotatable bonds is 5. The lowest BCUT2D eigenvalue weighted by atomic mass is 10.1. The molecule has 3 N–H and O–H groups in total. The number of carbonyl (C=O) groups is 2. The quantitative estimate of drug-likeness (QED) is 0.706. The van der Waals surface area contributed by atoms with E-state index in [4.69, 9.17) is 0 Å². The molecule has 0 aliphatic carbocycles. The molecular weight excluding hydrogens is 358 g/mol. The molecule has 26 heavy (non-hydrogen) atoms. The van der Waals surface area contributed by atoms with Crippen LogP contribution in [0.1, 0.15) is 15.9 Å². The monoisotopic (exact) mass is 375 g/mol. The van der Waals surface area contributed by atoms with Gasteiger partial charge in [0.25, 0.3) is 11.8 Å². The van der Waals surface area contributed by atoms with E-state index in [1.807, 2.05) is 10.8 Å². The normalized spacial score (nSPS) is 15.5. The minimum atomic E-state index is -3.97. The van der Waals surface area contributed by atoms with Crippen molar-refractivity contribution in [1.82, 2.24) is 10.0 Å². The highest BCUT2D eigenvalue weighted by Gasteiger charge is 2.35. The van der Waals surface area contributed by atoms with Crippen LogP contribution in [-0.4, -0.2) is 38.4 Å². The third kappa shape index (κ3) is 3.77. The molecule has 1 aliphatic heterocycles. The van der Waals surface area contributed by atoms with E-state index in [1.165, 1.54) is 12.1 Å². The van der Waals surface area contributed by atoms with Crippen LogP contribution in [0.3, 0.4) is 0 Å². The molecule has 1 fully saturated rings. The van der Waals surface area contributed by atoms with Gasteiger partial charge in [0.1, 0.15) is 12.3 Å². The van der Waals surface area contributed by atoms with Crippen molar-refractivity contribution in [3.63, 3.8) is 0 Å². The molecule has 2 aromatic rings. The zero-order valence-electron chi connectivity index (χ0n) is 13.7. The van der Waals surface area contributed by atoms with Gasteiger partial charge in [0.15, 0.2) is 0 Å². The van der Waals surface area contributed by atoms with Gasteiger partial charge in [-0.05, 0) is 36.2 Å². The number of nitrogens with zero attached hydrogens (tertiary/aromatic N) is 1. The Kier molecular flexibility index (Phi) is 4.81. The van der Waals surface area contributed by atoms with Gasteiger partial charge in [0, 0.05) is 12.1 Å². The fourth-order valence-corrected chi connectivity index (χ4v) is 3.77. The first-order chi connectivity index (χ1) is 12.4. The van der Waals surface area contributed by atoms with E-state index in [0.29, 0.717) is 18.5 Å². The summed E-state index contributed by atoms with van der Waals surface area (Å²) in [6, 6.07) is 13.3. The number of amides is 2. The lowest BCUT2D eigenvalue weighted by Crippen LogP contribution is -2.29. The van der Waals surface area contributed by atoms with Crippen LogP contribution in [0.25, 0.3) is 0 Å². The predicted molar refractivity (Wildman–Crippen MR) is 95.0 cm³/mol. The third-order valence-corrected chi connectivity index (χ3v) is 5.26. The highest BCUT2D eigenvalue weighted by Crippen LogP contribution is 2.31. The van der Waals surface area contributed by atoms with E-state index in [9.17, 15) is 23.1 Å². The van der Waals surface area contributed by atoms with Crippen molar-refractivity contribution >= 4 is 27.7 Å². The first kappa shape index (κ1) is 17.7. The van der Waals surface area contributed by atoms with Crippen LogP contribution in [0.2, 0.25) is 0 Å². The van der Waals surface area contributed by atoms with Gasteiger partial charge in [-0.2, -0.15) is 8.42 Å². The van der Waals surface area contributed by atoms with E-state index in [1.54, 1.807) is 30.3 Å². The predicted octanol–water partition coefficient (Wildman–Crippen LogP) is 0.546. The van der Waals surface area contributed by atoms with Crippen molar-refractivity contribution in [2.45, 2.75) is 6.42 Å². The number of anilines is 1. The number of hydrogen-bond acceptors (Lipinski definition) is 5. The molecular formula is C17H17N3O5S. The molecule has 0 unspecified atom stereocenters. The fraction of sp³-hybridized carbons (Fsp3) is 0.176. The topological polar surface area (TPSA) is 116 Å². The van der Waals surface area contributed by atoms with Gasteiger partial charge in [-0.15, -0.1) is 0 Å². The number of carbonyl (C=O) groups excluding carboxylic acids is 2. The molecule has 0 bridgehead atoms. The molecule has 1 heterocycles. The number of benzene rings is 2. The molecule has 1 saturated heterocycles. The van der Waals surface area contributed by atoms with Crippen molar-refractivity contribution < 1.29 is 23.1 Å². The zero-order valence-corrected chi connectivity index (χ0v) is 14.5. The standard InChI is InChI=1S/C17H17N3O5S/c21-15-10-12(8-9-18-17(23)13-4-2-1-3-5-13)6-7-14(15)20-11-16(22)19-26(20,24)25/h1-7,10,21H,8-9,11H2,(H,18,23)(H,19,22). The van der Waals surface area contributed by atoms with Gasteiger partial charge in [0.05, 0.1) is 5.69 Å². The summed E-state index contributed by atoms with van der Waals surface area (Å²) in [4.78, 5) is 23.2. The van der Waals surface area contributed by atoms with Crippen LogP contribution in [0.15, 0.2) is 48.5 Å². The number of aromatic hydroxyl groups is 1. The second kappa shape index (κ2) is 7.04. The van der Waals surface area contributed by atoms with Crippen LogP contribution in [0.4, 0.5) is 5.69 Å². The van der Waals surface area contributed by atoms with Crippen molar-refractivity contribution in [1.29, 1.82) is 0 Å². The Morgan fingerprint density at radius 2 is 1.92 bits per heavy atom. The molecule has 0 atom stereocenters. The van der Waals surface area contributed by atoms with Gasteiger partial charge in [0.2, 0.25) is 0 Å². The minimum absolute atomic E-state index is 0.0282. The van der Waals surface area contributed by atoms with Crippen LogP contribution in [-0.2, 0) is 21.4 Å². The summed E-state index contributed by atoms with van der Waals surface area (Å²) in [6.07, 6.45) is 0.455. The van der Waals surface area contributed by atoms with Crippen molar-refractivity contribution in [3.05, 3.63) is 59.7 Å². The molecule has 2 aromatic carbocycles. The molecule has 2 amide bonds. The molecule has 0 aromatic heterocycles. The highest BCUT2D eigenvalue weighted by molar-refractivity contribution is 7.92. The Bertz CT molecular complexity index is 944. The Balaban J connectivity index is 1.63. The van der Waals surface area contributed by atoms with E-state index in [-0.39, 0.29) is 23.9 Å². The maximum atomic E-state index is 12.0. The Morgan fingerprint density at radius 1 is 1.19 bits per heavy atom. The molecule has 0 spiro atoms. The largest absolute Gasteiger partial charge is 0.506 e. The van der Waals surface area contributed by atoms with E-state index < -0.39 is 16.1 Å². The maximum Gasteiger partial charge on any atom is 0.326 e. The molecule has 9 heteroatoms. The summed E-state index contributed by atoms with van der Waals surface area (Å²) in [5.74, 6) is -1.10. The number of phenols is 1. The van der Waals surface area contributed by atoms with Crippen molar-refractivity contribution in [2.75, 3.05) is 17.4 Å². The van der Waals surface area contributed by atoms with E-state index in [2.05, 4.69) is 5.32 Å². The summed E-state index contributed by atoms with van der Waals surface area (Å²) in [5.41, 5.74) is 1.30. The lowest BCUT2D eigenvalue weighted by Gasteiger charge is -2.16. The Morgan fingerprint density at radius 3 is 2.54 bits per heavy atom. The smallest absolute Gasteiger partial charge is 0.326 e. The molecule has 1 aliphatic rings. The Hall–Kier alpha value is -3.07. The fourth-order valence-electron chi connectivity index (χ4n) is 2.61. The van der Waals surface area contributed by atoms with Crippen molar-refractivity contribution in [2.24, 2.45) is 0 Å². The number of phenolic OH excluding ortho intramolecular Hbond substituents is 1. The van der Waals surface area contributed by atoms with Gasteiger partial charge in [-0.1, -0.05) is 24.3 Å². The third-order valence-electron chi connectivity index (χ3n) is 3.86. The van der Waals surface area contributed by atoms with Gasteiger partial charge in [-0.3, -0.25) is 9.59 Å². The number of hydrogen-bond donors (Lipinski definition) is 3. The number of nitrogens with one attached hydrogen (secondary N) is 2. The summed E-state index contributed by atoms with van der Waals surface area (Å²) in [6.45, 7) is -0.0169. The first-order valence-electron chi connectivity index (χ1n) is 7.85. The molecule has 136 valence electrons. The second-order valence-corrected chi connectivity index (χ2v) is 7.33. The summed E-state index contributed by atoms with van der Waals surface area (Å²) >= 11 is 0. The average molecular weight is 375 g/mol. The summed E-state index contributed by atoms with van der Waals surface area (Å²) < 4.78 is 26.3. The first-order valence-corrected chi connectivity index (χ1v) is 9.29. The molecule has 0 saturated carbocycles. The Labute approximate surface area is 150 Å². The summed E-state index contributed by atoms with van der Waals surface area (Å²) in [5, 5.41) is 12.9. The minimum Gasteiger partial charge on any atom is -0.506 e. The van der Waals surface area contributed by atoms with E-state index >= 15 is 0 Å². The van der Waals surface area contributed by atoms with Crippen LogP contribution >= 0.6 is 0 Å². The van der Waals surface area contributed by atoms with Gasteiger partial charge in [-0.25, -0.2) is 9.03 Å². The summed E-state index contributed by atoms with van der Waals surface area (Å²) in [7, 11) is -3.97. The van der Waals surface area contributed by atoms with Crippen LogP contribution < -0.4 is 14.3 Å². The van der Waals surface area contributed by atoms with Crippen LogP contribution in [0.5, 0.6) is 5.75 Å². The maximum absolute atomic E-state index is 12.0. The molecule has 3 rings (SSSR count).